The highest BCUT2D eigenvalue weighted by atomic mass is 16.5. The molecule has 8 nitrogen and oxygen atoms in total. The third-order valence-electron chi connectivity index (χ3n) is 5.89. The molecule has 2 aromatic heterocycles. The maximum Gasteiger partial charge on any atom is 0.326 e. The van der Waals surface area contributed by atoms with Crippen molar-refractivity contribution in [3.05, 3.63) is 52.4 Å². The van der Waals surface area contributed by atoms with Crippen LogP contribution in [0.5, 0.6) is 0 Å². The molecule has 1 fully saturated rings. The molecule has 0 bridgehead atoms. The van der Waals surface area contributed by atoms with Crippen molar-refractivity contribution in [3.8, 4) is 22.8 Å². The van der Waals surface area contributed by atoms with Crippen LogP contribution in [-0.2, 0) is 4.79 Å². The van der Waals surface area contributed by atoms with E-state index in [-0.39, 0.29) is 17.6 Å². The SMILES string of the molecule is CC(=O)Nc1cc(-c2nc(-c3ccc4c(c3)[nH]c(=O)n4C3CCCC3)no2)ccc1C. The minimum absolute atomic E-state index is 0.0713. The first-order valence-electron chi connectivity index (χ1n) is 10.5. The third kappa shape index (κ3) is 3.54. The zero-order valence-corrected chi connectivity index (χ0v) is 17.4. The Labute approximate surface area is 178 Å². The lowest BCUT2D eigenvalue weighted by Crippen LogP contribution is -2.20. The second-order valence-electron chi connectivity index (χ2n) is 8.10. The molecule has 31 heavy (non-hydrogen) atoms. The van der Waals surface area contributed by atoms with Crippen molar-refractivity contribution in [2.75, 3.05) is 5.32 Å². The molecule has 5 rings (SSSR count). The lowest BCUT2D eigenvalue weighted by Gasteiger charge is -2.11. The molecule has 0 atom stereocenters. The number of nitrogens with zero attached hydrogens (tertiary/aromatic N) is 3. The fourth-order valence-electron chi connectivity index (χ4n) is 4.33. The van der Waals surface area contributed by atoms with Crippen LogP contribution in [0.1, 0.15) is 44.2 Å². The van der Waals surface area contributed by atoms with E-state index in [1.54, 1.807) is 0 Å². The van der Waals surface area contributed by atoms with Crippen LogP contribution >= 0.6 is 0 Å². The van der Waals surface area contributed by atoms with Gasteiger partial charge < -0.3 is 14.8 Å². The van der Waals surface area contributed by atoms with Crippen molar-refractivity contribution >= 4 is 22.6 Å². The number of aryl methyl sites for hydroxylation is 1. The standard InChI is InChI=1S/C23H23N5O3/c1-13-7-8-16(12-18(13)24-14(2)29)22-26-21(27-31-22)15-9-10-20-19(11-15)25-23(30)28(20)17-5-3-4-6-17/h7-12,17H,3-6H2,1-2H3,(H,24,29)(H,25,30). The number of fused-ring (bicyclic) bond motifs is 1. The molecule has 2 aromatic carbocycles. The van der Waals surface area contributed by atoms with Gasteiger partial charge in [-0.15, -0.1) is 0 Å². The summed E-state index contributed by atoms with van der Waals surface area (Å²) in [6.07, 6.45) is 4.41. The normalized spacial score (nSPS) is 14.4. The number of benzene rings is 2. The van der Waals surface area contributed by atoms with Gasteiger partial charge in [-0.25, -0.2) is 4.79 Å². The van der Waals surface area contributed by atoms with E-state index in [4.69, 9.17) is 4.52 Å². The highest BCUT2D eigenvalue weighted by Gasteiger charge is 2.21. The molecule has 1 saturated carbocycles. The van der Waals surface area contributed by atoms with Gasteiger partial charge in [0.05, 0.1) is 11.0 Å². The Hall–Kier alpha value is -3.68. The van der Waals surface area contributed by atoms with Crippen LogP contribution in [0.3, 0.4) is 0 Å². The van der Waals surface area contributed by atoms with Crippen LogP contribution in [-0.4, -0.2) is 25.6 Å². The number of aromatic amines is 1. The first-order valence-corrected chi connectivity index (χ1v) is 10.5. The summed E-state index contributed by atoms with van der Waals surface area (Å²) in [6.45, 7) is 3.39. The summed E-state index contributed by atoms with van der Waals surface area (Å²) in [7, 11) is 0. The number of amides is 1. The van der Waals surface area contributed by atoms with E-state index in [0.29, 0.717) is 17.4 Å². The van der Waals surface area contributed by atoms with Crippen LogP contribution in [0.4, 0.5) is 5.69 Å². The Balaban J connectivity index is 1.48. The second-order valence-corrected chi connectivity index (χ2v) is 8.10. The molecule has 0 radical (unpaired) electrons. The van der Waals surface area contributed by atoms with Crippen molar-refractivity contribution in [1.29, 1.82) is 0 Å². The molecule has 0 spiro atoms. The van der Waals surface area contributed by atoms with Crippen molar-refractivity contribution in [2.45, 2.75) is 45.6 Å². The van der Waals surface area contributed by atoms with Gasteiger partial charge in [-0.3, -0.25) is 9.36 Å². The zero-order chi connectivity index (χ0) is 21.5. The highest BCUT2D eigenvalue weighted by Crippen LogP contribution is 2.32. The predicted molar refractivity (Wildman–Crippen MR) is 118 cm³/mol. The van der Waals surface area contributed by atoms with E-state index in [2.05, 4.69) is 20.4 Å². The Morgan fingerprint density at radius 1 is 1.16 bits per heavy atom. The number of nitrogens with one attached hydrogen (secondary N) is 2. The van der Waals surface area contributed by atoms with E-state index in [0.717, 1.165) is 53.4 Å². The van der Waals surface area contributed by atoms with Gasteiger partial charge in [0.1, 0.15) is 0 Å². The third-order valence-corrected chi connectivity index (χ3v) is 5.89. The Morgan fingerprint density at radius 3 is 2.71 bits per heavy atom. The molecule has 158 valence electrons. The van der Waals surface area contributed by atoms with Gasteiger partial charge in [-0.05, 0) is 55.7 Å². The fraction of sp³-hybridized carbons (Fsp3) is 0.304. The Bertz CT molecular complexity index is 1340. The number of aromatic nitrogens is 4. The van der Waals surface area contributed by atoms with Gasteiger partial charge >= 0.3 is 5.69 Å². The average molecular weight is 417 g/mol. The summed E-state index contributed by atoms with van der Waals surface area (Å²) in [5.74, 6) is 0.657. The summed E-state index contributed by atoms with van der Waals surface area (Å²) in [5.41, 5.74) is 4.73. The number of rotatable bonds is 4. The number of carbonyl (C=O) groups excluding carboxylic acids is 1. The molecule has 0 unspecified atom stereocenters. The summed E-state index contributed by atoms with van der Waals surface area (Å²) in [4.78, 5) is 31.4. The van der Waals surface area contributed by atoms with Crippen LogP contribution in [0.25, 0.3) is 33.9 Å². The molecular weight excluding hydrogens is 394 g/mol. The number of hydrogen-bond donors (Lipinski definition) is 2. The molecule has 0 aliphatic heterocycles. The molecule has 1 aliphatic rings. The first-order chi connectivity index (χ1) is 15.0. The minimum atomic E-state index is -0.140. The molecule has 1 amide bonds. The second kappa shape index (κ2) is 7.54. The van der Waals surface area contributed by atoms with E-state index in [1.165, 1.54) is 6.92 Å². The van der Waals surface area contributed by atoms with Gasteiger partial charge in [0, 0.05) is 29.8 Å². The van der Waals surface area contributed by atoms with Crippen molar-refractivity contribution in [2.24, 2.45) is 0 Å². The lowest BCUT2D eigenvalue weighted by molar-refractivity contribution is -0.114. The predicted octanol–water partition coefficient (Wildman–Crippen LogP) is 4.43. The fourth-order valence-corrected chi connectivity index (χ4v) is 4.33. The van der Waals surface area contributed by atoms with E-state index < -0.39 is 0 Å². The highest BCUT2D eigenvalue weighted by molar-refractivity contribution is 5.90. The average Bonchev–Trinajstić information content (AvgIpc) is 3.47. The van der Waals surface area contributed by atoms with E-state index in [1.807, 2.05) is 47.9 Å². The molecule has 2 N–H and O–H groups in total. The molecule has 8 heteroatoms. The van der Waals surface area contributed by atoms with Crippen LogP contribution in [0.15, 0.2) is 45.7 Å². The molecule has 4 aromatic rings. The van der Waals surface area contributed by atoms with Gasteiger partial charge in [0.2, 0.25) is 11.7 Å². The Morgan fingerprint density at radius 2 is 1.94 bits per heavy atom. The van der Waals surface area contributed by atoms with Crippen molar-refractivity contribution in [3.63, 3.8) is 0 Å². The molecule has 0 saturated heterocycles. The largest absolute Gasteiger partial charge is 0.334 e. The molecule has 1 aliphatic carbocycles. The smallest absolute Gasteiger partial charge is 0.326 e. The Kier molecular flexibility index (Phi) is 4.69. The van der Waals surface area contributed by atoms with Crippen LogP contribution in [0, 0.1) is 6.92 Å². The summed E-state index contributed by atoms with van der Waals surface area (Å²) in [5, 5.41) is 6.92. The number of carbonyl (C=O) groups is 1. The van der Waals surface area contributed by atoms with Gasteiger partial charge in [0.25, 0.3) is 5.89 Å². The first kappa shape index (κ1) is 19.3. The topological polar surface area (TPSA) is 106 Å². The van der Waals surface area contributed by atoms with Crippen molar-refractivity contribution in [1.82, 2.24) is 19.7 Å². The van der Waals surface area contributed by atoms with Gasteiger partial charge in [-0.1, -0.05) is 24.1 Å². The number of anilines is 1. The van der Waals surface area contributed by atoms with Crippen LogP contribution in [0.2, 0.25) is 0 Å². The van der Waals surface area contributed by atoms with E-state index >= 15 is 0 Å². The lowest BCUT2D eigenvalue weighted by atomic mass is 10.1. The van der Waals surface area contributed by atoms with Crippen LogP contribution < -0.4 is 11.0 Å². The van der Waals surface area contributed by atoms with E-state index in [9.17, 15) is 9.59 Å². The number of hydrogen-bond acceptors (Lipinski definition) is 5. The van der Waals surface area contributed by atoms with Gasteiger partial charge in [-0.2, -0.15) is 4.98 Å². The number of H-pyrrole nitrogens is 1. The summed E-state index contributed by atoms with van der Waals surface area (Å²) >= 11 is 0. The maximum atomic E-state index is 12.5. The summed E-state index contributed by atoms with van der Waals surface area (Å²) in [6, 6.07) is 11.6. The maximum absolute atomic E-state index is 12.5. The van der Waals surface area contributed by atoms with Gasteiger partial charge in [0.15, 0.2) is 0 Å². The minimum Gasteiger partial charge on any atom is -0.334 e. The molecular formula is C23H23N5O3. The molecule has 2 heterocycles. The van der Waals surface area contributed by atoms with Crippen molar-refractivity contribution < 1.29 is 9.32 Å². The summed E-state index contributed by atoms with van der Waals surface area (Å²) < 4.78 is 7.35. The quantitative estimate of drug-likeness (QED) is 0.511. The monoisotopic (exact) mass is 417 g/mol. The number of imidazole rings is 1. The zero-order valence-electron chi connectivity index (χ0n) is 17.4.